The summed E-state index contributed by atoms with van der Waals surface area (Å²) in [6, 6.07) is 0. The normalized spacial score (nSPS) is 9.06. The van der Waals surface area contributed by atoms with Crippen molar-refractivity contribution in [2.24, 2.45) is 5.10 Å². The first-order chi connectivity index (χ1) is 8.20. The second kappa shape index (κ2) is 20.1. The van der Waals surface area contributed by atoms with Crippen LogP contribution in [0.4, 0.5) is 0 Å². The van der Waals surface area contributed by atoms with Gasteiger partial charge in [0.15, 0.2) is 0 Å². The summed E-state index contributed by atoms with van der Waals surface area (Å²) < 4.78 is 0. The lowest BCUT2D eigenvalue weighted by Crippen LogP contribution is -2.16. The Morgan fingerprint density at radius 1 is 1.29 bits per heavy atom. The fraction of sp³-hybridized carbons (Fsp3) is 0.571. The second-order valence-electron chi connectivity index (χ2n) is 2.57. The van der Waals surface area contributed by atoms with E-state index in [2.05, 4.69) is 17.1 Å². The van der Waals surface area contributed by atoms with Crippen LogP contribution < -0.4 is 5.43 Å². The van der Waals surface area contributed by atoms with Crippen LogP contribution in [0.3, 0.4) is 0 Å². The molecule has 0 aliphatic rings. The van der Waals surface area contributed by atoms with Crippen molar-refractivity contribution in [1.29, 1.82) is 0 Å². The van der Waals surface area contributed by atoms with Crippen molar-refractivity contribution < 1.29 is 4.79 Å². The number of amides is 1. The lowest BCUT2D eigenvalue weighted by molar-refractivity contribution is -0.120. The molecule has 1 amide bonds. The van der Waals surface area contributed by atoms with E-state index in [0.29, 0.717) is 6.42 Å². The van der Waals surface area contributed by atoms with Gasteiger partial charge in [-0.1, -0.05) is 53.3 Å². The molecular weight excluding hydrogens is 212 g/mol. The Balaban J connectivity index is -0.000000439. The van der Waals surface area contributed by atoms with Crippen LogP contribution in [0.5, 0.6) is 0 Å². The minimum atomic E-state index is -0.135. The Kier molecular flexibility index (Phi) is 24.8. The van der Waals surface area contributed by atoms with Crippen LogP contribution in [0.1, 0.15) is 54.4 Å². The average molecular weight is 240 g/mol. The molecule has 3 heteroatoms. The van der Waals surface area contributed by atoms with Gasteiger partial charge in [-0.3, -0.25) is 4.79 Å². The van der Waals surface area contributed by atoms with Gasteiger partial charge in [-0.25, -0.2) is 5.43 Å². The van der Waals surface area contributed by atoms with Gasteiger partial charge in [0.25, 0.3) is 0 Å². The minimum absolute atomic E-state index is 0.135. The molecule has 0 radical (unpaired) electrons. The van der Waals surface area contributed by atoms with E-state index in [1.807, 2.05) is 46.8 Å². The van der Waals surface area contributed by atoms with Crippen molar-refractivity contribution in [2.75, 3.05) is 0 Å². The molecule has 0 saturated heterocycles. The summed E-state index contributed by atoms with van der Waals surface area (Å²) in [5.41, 5.74) is 3.17. The lowest BCUT2D eigenvalue weighted by atomic mass is 10.2. The maximum Gasteiger partial charge on any atom is 0.244 e. The van der Waals surface area contributed by atoms with Gasteiger partial charge in [-0.2, -0.15) is 5.10 Å². The van der Waals surface area contributed by atoms with Gasteiger partial charge in [0, 0.05) is 6.21 Å². The van der Waals surface area contributed by atoms with Gasteiger partial charge in [0.05, 0.1) is 6.42 Å². The number of hydrazone groups is 1. The molecule has 0 unspecified atom stereocenters. The summed E-state index contributed by atoms with van der Waals surface area (Å²) in [5.74, 6) is -0.135. The SMILES string of the molecule is C=C(/C=C\CC)CC(=O)N/N=C/C.CC.CC. The third-order valence-corrected chi connectivity index (χ3v) is 1.30. The van der Waals surface area contributed by atoms with E-state index in [0.717, 1.165) is 12.0 Å². The zero-order chi connectivity index (χ0) is 14.1. The zero-order valence-electron chi connectivity index (χ0n) is 12.2. The summed E-state index contributed by atoms with van der Waals surface area (Å²) in [6.07, 6.45) is 6.61. The highest BCUT2D eigenvalue weighted by molar-refractivity contribution is 5.79. The first-order valence-electron chi connectivity index (χ1n) is 6.31. The van der Waals surface area contributed by atoms with E-state index >= 15 is 0 Å². The number of carbonyl (C=O) groups excluding carboxylic acids is 1. The number of rotatable bonds is 5. The molecule has 0 bridgehead atoms. The third-order valence-electron chi connectivity index (χ3n) is 1.30. The zero-order valence-corrected chi connectivity index (χ0v) is 12.2. The number of nitrogens with one attached hydrogen (secondary N) is 1. The third kappa shape index (κ3) is 20.6. The molecule has 0 aromatic carbocycles. The van der Waals surface area contributed by atoms with Gasteiger partial charge in [0.2, 0.25) is 5.91 Å². The minimum Gasteiger partial charge on any atom is -0.273 e. The van der Waals surface area contributed by atoms with Crippen molar-refractivity contribution in [3.05, 3.63) is 24.3 Å². The molecule has 100 valence electrons. The molecule has 0 aliphatic carbocycles. The Hall–Kier alpha value is -1.38. The first kappa shape index (κ1) is 21.0. The predicted octanol–water partition coefficient (Wildman–Crippen LogP) is 4.07. The molecule has 0 spiro atoms. The Morgan fingerprint density at radius 3 is 2.24 bits per heavy atom. The van der Waals surface area contributed by atoms with Crippen LogP contribution in [-0.4, -0.2) is 12.1 Å². The number of nitrogens with zero attached hydrogens (tertiary/aromatic N) is 1. The maximum atomic E-state index is 11.1. The molecule has 1 N–H and O–H groups in total. The van der Waals surface area contributed by atoms with E-state index in [1.165, 1.54) is 6.21 Å². The summed E-state index contributed by atoms with van der Waals surface area (Å²) in [4.78, 5) is 11.1. The quantitative estimate of drug-likeness (QED) is 0.439. The van der Waals surface area contributed by atoms with Crippen molar-refractivity contribution in [1.82, 2.24) is 5.43 Å². The summed E-state index contributed by atoms with van der Waals surface area (Å²) >= 11 is 0. The van der Waals surface area contributed by atoms with Crippen molar-refractivity contribution >= 4 is 12.1 Å². The Bertz CT molecular complexity index is 230. The summed E-state index contributed by atoms with van der Waals surface area (Å²) in [7, 11) is 0. The van der Waals surface area contributed by atoms with Crippen molar-refractivity contribution in [3.8, 4) is 0 Å². The fourth-order valence-corrected chi connectivity index (χ4v) is 0.726. The van der Waals surface area contributed by atoms with Gasteiger partial charge >= 0.3 is 0 Å². The second-order valence-corrected chi connectivity index (χ2v) is 2.57. The molecule has 0 saturated carbocycles. The van der Waals surface area contributed by atoms with Crippen molar-refractivity contribution in [3.63, 3.8) is 0 Å². The molecule has 0 rings (SSSR count). The Morgan fingerprint density at radius 2 is 1.82 bits per heavy atom. The molecule has 0 heterocycles. The molecule has 0 aromatic rings. The highest BCUT2D eigenvalue weighted by Crippen LogP contribution is 2.00. The summed E-state index contributed by atoms with van der Waals surface area (Å²) in [5, 5.41) is 3.62. The van der Waals surface area contributed by atoms with E-state index < -0.39 is 0 Å². The molecule has 0 fully saturated rings. The van der Waals surface area contributed by atoms with Crippen LogP contribution in [-0.2, 0) is 4.79 Å². The molecule has 0 aromatic heterocycles. The van der Waals surface area contributed by atoms with Crippen LogP contribution >= 0.6 is 0 Å². The van der Waals surface area contributed by atoms with Crippen LogP contribution in [0, 0.1) is 0 Å². The molecule has 17 heavy (non-hydrogen) atoms. The van der Waals surface area contributed by atoms with Gasteiger partial charge in [-0.05, 0) is 18.9 Å². The monoisotopic (exact) mass is 240 g/mol. The summed E-state index contributed by atoms with van der Waals surface area (Å²) in [6.45, 7) is 15.5. The number of hydrogen-bond donors (Lipinski definition) is 1. The number of carbonyl (C=O) groups is 1. The standard InChI is InChI=1S/C10H16N2O.2C2H6/c1-4-6-7-9(3)8-10(13)12-11-5-2;2*1-2/h5-7H,3-4,8H2,1-2H3,(H,12,13);2*1-2H3/b7-6-,11-5+;;. The topological polar surface area (TPSA) is 41.5 Å². The van der Waals surface area contributed by atoms with Gasteiger partial charge in [-0.15, -0.1) is 0 Å². The van der Waals surface area contributed by atoms with E-state index in [1.54, 1.807) is 6.92 Å². The van der Waals surface area contributed by atoms with Gasteiger partial charge < -0.3 is 0 Å². The van der Waals surface area contributed by atoms with Crippen LogP contribution in [0.15, 0.2) is 29.4 Å². The van der Waals surface area contributed by atoms with Crippen LogP contribution in [0.25, 0.3) is 0 Å². The predicted molar refractivity (Wildman–Crippen MR) is 78.2 cm³/mol. The molecule has 0 aliphatic heterocycles. The van der Waals surface area contributed by atoms with Gasteiger partial charge in [0.1, 0.15) is 0 Å². The molecular formula is C14H28N2O. The molecule has 3 nitrogen and oxygen atoms in total. The largest absolute Gasteiger partial charge is 0.273 e. The average Bonchev–Trinajstić information content (AvgIpc) is 2.38. The van der Waals surface area contributed by atoms with E-state index in [9.17, 15) is 4.79 Å². The Labute approximate surface area is 107 Å². The highest BCUT2D eigenvalue weighted by atomic mass is 16.2. The number of allylic oxidation sites excluding steroid dienone is 2. The van der Waals surface area contributed by atoms with Crippen LogP contribution in [0.2, 0.25) is 0 Å². The number of hydrogen-bond acceptors (Lipinski definition) is 2. The fourth-order valence-electron chi connectivity index (χ4n) is 0.726. The molecule has 0 atom stereocenters. The highest BCUT2D eigenvalue weighted by Gasteiger charge is 1.99. The first-order valence-corrected chi connectivity index (χ1v) is 6.31. The van der Waals surface area contributed by atoms with E-state index in [4.69, 9.17) is 0 Å². The smallest absolute Gasteiger partial charge is 0.244 e. The van der Waals surface area contributed by atoms with E-state index in [-0.39, 0.29) is 5.91 Å². The maximum absolute atomic E-state index is 11.1. The lowest BCUT2D eigenvalue weighted by Gasteiger charge is -1.98. The van der Waals surface area contributed by atoms with Crippen molar-refractivity contribution in [2.45, 2.75) is 54.4 Å².